The third-order valence-electron chi connectivity index (χ3n) is 2.28. The molecule has 0 aromatic carbocycles. The van der Waals surface area contributed by atoms with Crippen LogP contribution in [0.25, 0.3) is 0 Å². The molecule has 1 aromatic heterocycles. The monoisotopic (exact) mass is 209 g/mol. The second-order valence-corrected chi connectivity index (χ2v) is 3.68. The first-order chi connectivity index (χ1) is 7.15. The highest BCUT2D eigenvalue weighted by Gasteiger charge is 2.05. The van der Waals surface area contributed by atoms with E-state index in [9.17, 15) is 0 Å². The summed E-state index contributed by atoms with van der Waals surface area (Å²) in [5.74, 6) is 0.986. The van der Waals surface area contributed by atoms with Crippen molar-refractivity contribution >= 4 is 11.5 Å². The molecule has 0 aliphatic heterocycles. The van der Waals surface area contributed by atoms with Crippen molar-refractivity contribution < 1.29 is 4.74 Å². The average molecular weight is 209 g/mol. The zero-order valence-electron chi connectivity index (χ0n) is 9.66. The molecule has 0 radical (unpaired) electrons. The first-order valence-corrected chi connectivity index (χ1v) is 5.07. The molecule has 0 fully saturated rings. The standard InChI is InChI=1S/C11H19N3O/c1-9-7-10(12)8-13-11(9)14(2)5-4-6-15-3/h7-8H,4-6,12H2,1-3H3. The smallest absolute Gasteiger partial charge is 0.131 e. The Morgan fingerprint density at radius 1 is 1.53 bits per heavy atom. The molecular weight excluding hydrogens is 190 g/mol. The number of hydrogen-bond acceptors (Lipinski definition) is 4. The number of aromatic nitrogens is 1. The topological polar surface area (TPSA) is 51.4 Å². The lowest BCUT2D eigenvalue weighted by atomic mass is 10.2. The second kappa shape index (κ2) is 5.56. The van der Waals surface area contributed by atoms with Crippen molar-refractivity contribution in [2.24, 2.45) is 0 Å². The van der Waals surface area contributed by atoms with Crippen LogP contribution >= 0.6 is 0 Å². The SMILES string of the molecule is COCCCN(C)c1ncc(N)cc1C. The van der Waals surface area contributed by atoms with Gasteiger partial charge in [-0.05, 0) is 25.0 Å². The fourth-order valence-electron chi connectivity index (χ4n) is 1.54. The summed E-state index contributed by atoms with van der Waals surface area (Å²) in [5, 5.41) is 0. The van der Waals surface area contributed by atoms with Crippen molar-refractivity contribution in [2.75, 3.05) is 37.9 Å². The highest BCUT2D eigenvalue weighted by molar-refractivity contribution is 5.52. The van der Waals surface area contributed by atoms with E-state index in [1.165, 1.54) is 0 Å². The average Bonchev–Trinajstić information content (AvgIpc) is 2.17. The van der Waals surface area contributed by atoms with E-state index < -0.39 is 0 Å². The molecule has 1 heterocycles. The molecule has 2 N–H and O–H groups in total. The number of pyridine rings is 1. The lowest BCUT2D eigenvalue weighted by molar-refractivity contribution is 0.196. The Bertz CT molecular complexity index is 315. The van der Waals surface area contributed by atoms with Gasteiger partial charge in [0.15, 0.2) is 0 Å². The Kier molecular flexibility index (Phi) is 4.37. The fraction of sp³-hybridized carbons (Fsp3) is 0.545. The summed E-state index contributed by atoms with van der Waals surface area (Å²) in [6.45, 7) is 3.73. The van der Waals surface area contributed by atoms with Gasteiger partial charge in [0.1, 0.15) is 5.82 Å². The first kappa shape index (κ1) is 11.8. The largest absolute Gasteiger partial charge is 0.397 e. The molecule has 0 saturated heterocycles. The number of hydrogen-bond donors (Lipinski definition) is 1. The molecule has 0 spiro atoms. The quantitative estimate of drug-likeness (QED) is 0.746. The van der Waals surface area contributed by atoms with Gasteiger partial charge in [-0.15, -0.1) is 0 Å². The van der Waals surface area contributed by atoms with Crippen molar-refractivity contribution in [2.45, 2.75) is 13.3 Å². The molecule has 0 aliphatic rings. The Morgan fingerprint density at radius 2 is 2.27 bits per heavy atom. The van der Waals surface area contributed by atoms with Crippen LogP contribution in [0.3, 0.4) is 0 Å². The molecule has 0 atom stereocenters. The molecule has 0 unspecified atom stereocenters. The van der Waals surface area contributed by atoms with Gasteiger partial charge in [-0.2, -0.15) is 0 Å². The van der Waals surface area contributed by atoms with Crippen LogP contribution in [-0.4, -0.2) is 32.3 Å². The van der Waals surface area contributed by atoms with Crippen LogP contribution < -0.4 is 10.6 Å². The summed E-state index contributed by atoms with van der Waals surface area (Å²) < 4.78 is 5.01. The van der Waals surface area contributed by atoms with Crippen LogP contribution in [0.1, 0.15) is 12.0 Å². The van der Waals surface area contributed by atoms with E-state index in [2.05, 4.69) is 9.88 Å². The van der Waals surface area contributed by atoms with E-state index in [4.69, 9.17) is 10.5 Å². The van der Waals surface area contributed by atoms with Crippen LogP contribution in [0.5, 0.6) is 0 Å². The van der Waals surface area contributed by atoms with Crippen LogP contribution in [0.2, 0.25) is 0 Å². The highest BCUT2D eigenvalue weighted by atomic mass is 16.5. The number of ether oxygens (including phenoxy) is 1. The van der Waals surface area contributed by atoms with E-state index in [1.807, 2.05) is 20.0 Å². The van der Waals surface area contributed by atoms with E-state index in [0.717, 1.165) is 31.0 Å². The van der Waals surface area contributed by atoms with Gasteiger partial charge in [-0.3, -0.25) is 0 Å². The predicted octanol–water partition coefficient (Wildman–Crippen LogP) is 1.44. The van der Waals surface area contributed by atoms with Crippen molar-refractivity contribution in [3.63, 3.8) is 0 Å². The predicted molar refractivity (Wildman–Crippen MR) is 63.1 cm³/mol. The summed E-state index contributed by atoms with van der Waals surface area (Å²) >= 11 is 0. The normalized spacial score (nSPS) is 10.3. The van der Waals surface area contributed by atoms with E-state index in [-0.39, 0.29) is 0 Å². The number of rotatable bonds is 5. The van der Waals surface area contributed by atoms with Crippen molar-refractivity contribution in [1.29, 1.82) is 0 Å². The van der Waals surface area contributed by atoms with Gasteiger partial charge in [0.05, 0.1) is 11.9 Å². The van der Waals surface area contributed by atoms with Crippen molar-refractivity contribution in [3.8, 4) is 0 Å². The lowest BCUT2D eigenvalue weighted by Crippen LogP contribution is -2.21. The number of nitrogens with zero attached hydrogens (tertiary/aromatic N) is 2. The van der Waals surface area contributed by atoms with Gasteiger partial charge in [-0.1, -0.05) is 0 Å². The zero-order valence-corrected chi connectivity index (χ0v) is 9.66. The van der Waals surface area contributed by atoms with Crippen LogP contribution in [0.15, 0.2) is 12.3 Å². The maximum atomic E-state index is 5.65. The minimum Gasteiger partial charge on any atom is -0.397 e. The molecule has 4 nitrogen and oxygen atoms in total. The molecule has 84 valence electrons. The van der Waals surface area contributed by atoms with Crippen LogP contribution in [0.4, 0.5) is 11.5 Å². The van der Waals surface area contributed by atoms with Crippen molar-refractivity contribution in [3.05, 3.63) is 17.8 Å². The molecule has 0 bridgehead atoms. The molecule has 0 saturated carbocycles. The van der Waals surface area contributed by atoms with E-state index in [0.29, 0.717) is 5.69 Å². The van der Waals surface area contributed by atoms with Crippen molar-refractivity contribution in [1.82, 2.24) is 4.98 Å². The number of aryl methyl sites for hydroxylation is 1. The third-order valence-corrected chi connectivity index (χ3v) is 2.28. The number of nitrogens with two attached hydrogens (primary N) is 1. The first-order valence-electron chi connectivity index (χ1n) is 5.07. The maximum absolute atomic E-state index is 5.65. The summed E-state index contributed by atoms with van der Waals surface area (Å²) in [4.78, 5) is 6.44. The highest BCUT2D eigenvalue weighted by Crippen LogP contribution is 2.17. The summed E-state index contributed by atoms with van der Waals surface area (Å²) in [6, 6.07) is 1.94. The Labute approximate surface area is 91.1 Å². The van der Waals surface area contributed by atoms with Gasteiger partial charge in [0.25, 0.3) is 0 Å². The summed E-state index contributed by atoms with van der Waals surface area (Å²) in [6.07, 6.45) is 2.69. The zero-order chi connectivity index (χ0) is 11.3. The number of methoxy groups -OCH3 is 1. The number of nitrogen functional groups attached to an aromatic ring is 1. The Hall–Kier alpha value is -1.29. The Morgan fingerprint density at radius 3 is 2.87 bits per heavy atom. The molecule has 0 amide bonds. The number of anilines is 2. The van der Waals surface area contributed by atoms with Gasteiger partial charge in [0.2, 0.25) is 0 Å². The Balaban J connectivity index is 2.61. The lowest BCUT2D eigenvalue weighted by Gasteiger charge is -2.19. The fourth-order valence-corrected chi connectivity index (χ4v) is 1.54. The second-order valence-electron chi connectivity index (χ2n) is 3.68. The van der Waals surface area contributed by atoms with Gasteiger partial charge in [0, 0.05) is 27.3 Å². The van der Waals surface area contributed by atoms with E-state index >= 15 is 0 Å². The minimum atomic E-state index is 0.710. The summed E-state index contributed by atoms with van der Waals surface area (Å²) in [7, 11) is 3.74. The third kappa shape index (κ3) is 3.40. The molecule has 15 heavy (non-hydrogen) atoms. The maximum Gasteiger partial charge on any atom is 0.131 e. The summed E-state index contributed by atoms with van der Waals surface area (Å²) in [5.41, 5.74) is 7.46. The van der Waals surface area contributed by atoms with Gasteiger partial charge in [-0.25, -0.2) is 4.98 Å². The van der Waals surface area contributed by atoms with Gasteiger partial charge < -0.3 is 15.4 Å². The molecule has 4 heteroatoms. The molecular formula is C11H19N3O. The minimum absolute atomic E-state index is 0.710. The molecule has 1 rings (SSSR count). The molecule has 0 aliphatic carbocycles. The van der Waals surface area contributed by atoms with Crippen LogP contribution in [0, 0.1) is 6.92 Å². The van der Waals surface area contributed by atoms with Gasteiger partial charge >= 0.3 is 0 Å². The van der Waals surface area contributed by atoms with Crippen LogP contribution in [-0.2, 0) is 4.74 Å². The van der Waals surface area contributed by atoms with E-state index in [1.54, 1.807) is 13.3 Å². The molecule has 1 aromatic rings.